The van der Waals surface area contributed by atoms with E-state index in [4.69, 9.17) is 0 Å². The van der Waals surface area contributed by atoms with Gasteiger partial charge in [-0.1, -0.05) is 0 Å². The number of nitrogens with zero attached hydrogens (tertiary/aromatic N) is 2. The average Bonchev–Trinajstić information content (AvgIpc) is 2.41. The molecule has 0 aliphatic carbocycles. The van der Waals surface area contributed by atoms with Crippen LogP contribution in [0.25, 0.3) is 10.9 Å². The highest BCUT2D eigenvalue weighted by atomic mass is 79.9. The van der Waals surface area contributed by atoms with E-state index >= 15 is 0 Å². The minimum atomic E-state index is 0.251. The first-order valence-corrected chi connectivity index (χ1v) is 4.28. The number of hydrogen-bond donors (Lipinski definition) is 1. The van der Waals surface area contributed by atoms with Crippen LogP contribution in [0, 0.1) is 0 Å². The third-order valence-electron chi connectivity index (χ3n) is 1.85. The summed E-state index contributed by atoms with van der Waals surface area (Å²) in [6.45, 7) is 0. The quantitative estimate of drug-likeness (QED) is 0.747. The van der Waals surface area contributed by atoms with Gasteiger partial charge in [-0.2, -0.15) is 5.10 Å². The molecule has 0 spiro atoms. The van der Waals surface area contributed by atoms with E-state index in [0.717, 1.165) is 10.9 Å². The van der Waals surface area contributed by atoms with Crippen molar-refractivity contribution in [2.45, 2.75) is 0 Å². The second kappa shape index (κ2) is 2.48. The smallest absolute Gasteiger partial charge is 0.140 e. The molecule has 4 heteroatoms. The lowest BCUT2D eigenvalue weighted by Gasteiger charge is -1.98. The highest BCUT2D eigenvalue weighted by Gasteiger charge is 2.06. The first-order valence-electron chi connectivity index (χ1n) is 3.49. The Morgan fingerprint density at radius 1 is 1.50 bits per heavy atom. The molecule has 12 heavy (non-hydrogen) atoms. The van der Waals surface area contributed by atoms with Crippen molar-refractivity contribution in [1.82, 2.24) is 9.78 Å². The number of aryl methyl sites for hydroxylation is 1. The molecule has 1 aromatic carbocycles. The lowest BCUT2D eigenvalue weighted by molar-refractivity contribution is 0.478. The van der Waals surface area contributed by atoms with E-state index in [0.29, 0.717) is 4.47 Å². The van der Waals surface area contributed by atoms with Gasteiger partial charge in [0.15, 0.2) is 0 Å². The summed E-state index contributed by atoms with van der Waals surface area (Å²) in [7, 11) is 1.84. The number of aromatic nitrogens is 2. The molecule has 0 bridgehead atoms. The Labute approximate surface area is 77.7 Å². The summed E-state index contributed by atoms with van der Waals surface area (Å²) in [5, 5.41) is 14.4. The molecule has 2 aromatic rings. The van der Waals surface area contributed by atoms with Gasteiger partial charge in [-0.05, 0) is 28.1 Å². The van der Waals surface area contributed by atoms with E-state index in [1.165, 1.54) is 0 Å². The lowest BCUT2D eigenvalue weighted by Crippen LogP contribution is -1.87. The number of hydrogen-bond acceptors (Lipinski definition) is 2. The van der Waals surface area contributed by atoms with E-state index in [1.807, 2.05) is 13.1 Å². The molecule has 0 aliphatic rings. The Balaban J connectivity index is 2.93. The Morgan fingerprint density at radius 2 is 2.25 bits per heavy atom. The van der Waals surface area contributed by atoms with Gasteiger partial charge in [0, 0.05) is 7.05 Å². The second-order valence-corrected chi connectivity index (χ2v) is 3.45. The number of halogens is 1. The van der Waals surface area contributed by atoms with Gasteiger partial charge in [0.1, 0.15) is 5.75 Å². The van der Waals surface area contributed by atoms with E-state index in [1.54, 1.807) is 16.9 Å². The van der Waals surface area contributed by atoms with Crippen LogP contribution in [-0.4, -0.2) is 14.9 Å². The maximum atomic E-state index is 9.57. The number of phenols is 1. The van der Waals surface area contributed by atoms with Crippen LogP contribution < -0.4 is 0 Å². The summed E-state index contributed by atoms with van der Waals surface area (Å²) >= 11 is 3.24. The molecule has 0 saturated carbocycles. The molecular formula is C8H7BrN2O. The van der Waals surface area contributed by atoms with Crippen LogP contribution in [0.3, 0.4) is 0 Å². The zero-order valence-corrected chi connectivity index (χ0v) is 8.04. The standard InChI is InChI=1S/C8H7BrN2O/c1-11-7-3-2-6(9)8(12)5(7)4-10-11/h2-4,12H,1H3. The SMILES string of the molecule is Cn1ncc2c(O)c(Br)ccc21. The molecule has 3 nitrogen and oxygen atoms in total. The predicted octanol–water partition coefficient (Wildman–Crippen LogP) is 2.04. The van der Waals surface area contributed by atoms with Crippen molar-refractivity contribution in [3.05, 3.63) is 22.8 Å². The van der Waals surface area contributed by atoms with Crippen molar-refractivity contribution in [2.75, 3.05) is 0 Å². The first kappa shape index (κ1) is 7.61. The second-order valence-electron chi connectivity index (χ2n) is 2.60. The van der Waals surface area contributed by atoms with Gasteiger partial charge in [0.05, 0.1) is 21.6 Å². The fourth-order valence-corrected chi connectivity index (χ4v) is 1.53. The van der Waals surface area contributed by atoms with Crippen molar-refractivity contribution in [3.8, 4) is 5.75 Å². The topological polar surface area (TPSA) is 38.0 Å². The number of fused-ring (bicyclic) bond motifs is 1. The van der Waals surface area contributed by atoms with Gasteiger partial charge in [0.2, 0.25) is 0 Å². The van der Waals surface area contributed by atoms with E-state index in [9.17, 15) is 5.11 Å². The Kier molecular flexibility index (Phi) is 1.58. The third-order valence-corrected chi connectivity index (χ3v) is 2.49. The number of aromatic hydroxyl groups is 1. The monoisotopic (exact) mass is 226 g/mol. The van der Waals surface area contributed by atoms with Gasteiger partial charge in [-0.25, -0.2) is 0 Å². The summed E-state index contributed by atoms with van der Waals surface area (Å²) in [5.74, 6) is 0.251. The van der Waals surface area contributed by atoms with E-state index in [2.05, 4.69) is 21.0 Å². The molecule has 0 fully saturated rings. The van der Waals surface area contributed by atoms with Crippen LogP contribution in [0.2, 0.25) is 0 Å². The highest BCUT2D eigenvalue weighted by Crippen LogP contribution is 2.31. The largest absolute Gasteiger partial charge is 0.506 e. The van der Waals surface area contributed by atoms with Crippen LogP contribution in [0.15, 0.2) is 22.8 Å². The van der Waals surface area contributed by atoms with Crippen LogP contribution in [-0.2, 0) is 7.05 Å². The Hall–Kier alpha value is -1.03. The Morgan fingerprint density at radius 3 is 3.00 bits per heavy atom. The molecule has 0 aliphatic heterocycles. The van der Waals surface area contributed by atoms with E-state index < -0.39 is 0 Å². The lowest BCUT2D eigenvalue weighted by atomic mass is 10.2. The van der Waals surface area contributed by atoms with Crippen LogP contribution in [0.1, 0.15) is 0 Å². The van der Waals surface area contributed by atoms with Gasteiger partial charge in [-0.15, -0.1) is 0 Å². The summed E-state index contributed by atoms with van der Waals surface area (Å²) in [5.41, 5.74) is 0.927. The fraction of sp³-hybridized carbons (Fsp3) is 0.125. The van der Waals surface area contributed by atoms with Crippen LogP contribution in [0.4, 0.5) is 0 Å². The molecule has 1 N–H and O–H groups in total. The molecule has 1 aromatic heterocycles. The van der Waals surface area contributed by atoms with Crippen molar-refractivity contribution in [1.29, 1.82) is 0 Å². The highest BCUT2D eigenvalue weighted by molar-refractivity contribution is 9.10. The summed E-state index contributed by atoms with van der Waals surface area (Å²) in [6.07, 6.45) is 1.65. The van der Waals surface area contributed by atoms with Gasteiger partial charge >= 0.3 is 0 Å². The number of benzene rings is 1. The van der Waals surface area contributed by atoms with Crippen molar-refractivity contribution < 1.29 is 5.11 Å². The summed E-state index contributed by atoms with van der Waals surface area (Å²) in [6, 6.07) is 3.71. The normalized spacial score (nSPS) is 10.8. The van der Waals surface area contributed by atoms with Crippen molar-refractivity contribution >= 4 is 26.8 Å². The Bertz CT molecular complexity index is 436. The molecule has 62 valence electrons. The molecule has 0 amide bonds. The van der Waals surface area contributed by atoms with Crippen LogP contribution in [0.5, 0.6) is 5.75 Å². The molecule has 1 heterocycles. The zero-order valence-electron chi connectivity index (χ0n) is 6.45. The van der Waals surface area contributed by atoms with Gasteiger partial charge in [-0.3, -0.25) is 4.68 Å². The predicted molar refractivity (Wildman–Crippen MR) is 50.1 cm³/mol. The van der Waals surface area contributed by atoms with Crippen LogP contribution >= 0.6 is 15.9 Å². The first-order chi connectivity index (χ1) is 5.70. The molecule has 0 unspecified atom stereocenters. The molecular weight excluding hydrogens is 220 g/mol. The van der Waals surface area contributed by atoms with Crippen molar-refractivity contribution in [3.63, 3.8) is 0 Å². The zero-order chi connectivity index (χ0) is 8.72. The molecule has 0 saturated heterocycles. The summed E-state index contributed by atoms with van der Waals surface area (Å²) in [4.78, 5) is 0. The number of rotatable bonds is 0. The van der Waals surface area contributed by atoms with Crippen molar-refractivity contribution in [2.24, 2.45) is 7.05 Å². The molecule has 2 rings (SSSR count). The minimum Gasteiger partial charge on any atom is -0.506 e. The average molecular weight is 227 g/mol. The molecule has 0 radical (unpaired) electrons. The molecule has 0 atom stereocenters. The third kappa shape index (κ3) is 0.914. The minimum absolute atomic E-state index is 0.251. The van der Waals surface area contributed by atoms with Gasteiger partial charge < -0.3 is 5.11 Å². The number of phenolic OH excluding ortho intramolecular Hbond substituents is 1. The van der Waals surface area contributed by atoms with Gasteiger partial charge in [0.25, 0.3) is 0 Å². The fourth-order valence-electron chi connectivity index (χ4n) is 1.19. The van der Waals surface area contributed by atoms with E-state index in [-0.39, 0.29) is 5.75 Å². The summed E-state index contributed by atoms with van der Waals surface area (Å²) < 4.78 is 2.42. The maximum Gasteiger partial charge on any atom is 0.140 e. The maximum absolute atomic E-state index is 9.57.